The molecule has 3 N–H and O–H groups in total. The summed E-state index contributed by atoms with van der Waals surface area (Å²) in [6.45, 7) is 4.73. The van der Waals surface area contributed by atoms with Crippen LogP contribution in [0.5, 0.6) is 0 Å². The average molecular weight is 477 g/mol. The number of thiophene rings is 1. The number of halogens is 3. The summed E-state index contributed by atoms with van der Waals surface area (Å²) in [4.78, 5) is 15.9. The van der Waals surface area contributed by atoms with Gasteiger partial charge in [0.1, 0.15) is 0 Å². The first-order valence-electron chi connectivity index (χ1n) is 10.1. The lowest BCUT2D eigenvalue weighted by atomic mass is 9.99. The van der Waals surface area contributed by atoms with E-state index in [1.807, 2.05) is 24.3 Å². The molecule has 1 heterocycles. The second-order valence-electron chi connectivity index (χ2n) is 7.28. The summed E-state index contributed by atoms with van der Waals surface area (Å²) < 4.78 is 40.7. The number of rotatable bonds is 11. The van der Waals surface area contributed by atoms with Gasteiger partial charge >= 0.3 is 12.1 Å². The number of nitrogens with one attached hydrogen (secondary N) is 2. The van der Waals surface area contributed by atoms with Gasteiger partial charge in [0, 0.05) is 13.1 Å². The Labute approximate surface area is 193 Å². The maximum Gasteiger partial charge on any atom is 0.417 e. The van der Waals surface area contributed by atoms with Crippen LogP contribution in [-0.2, 0) is 29.0 Å². The van der Waals surface area contributed by atoms with E-state index in [0.717, 1.165) is 17.2 Å². The molecular formula is C24H23F3N2O3S. The first-order chi connectivity index (χ1) is 15.7. The van der Waals surface area contributed by atoms with Crippen molar-refractivity contribution in [2.24, 2.45) is 0 Å². The molecule has 9 heteroatoms. The Morgan fingerprint density at radius 2 is 1.82 bits per heavy atom. The summed E-state index contributed by atoms with van der Waals surface area (Å²) in [7, 11) is 0. The minimum absolute atomic E-state index is 0.0529. The summed E-state index contributed by atoms with van der Waals surface area (Å²) in [5, 5.41) is 15.1. The minimum atomic E-state index is -4.48. The van der Waals surface area contributed by atoms with Crippen LogP contribution in [0.3, 0.4) is 0 Å². The average Bonchev–Trinajstić information content (AvgIpc) is 3.31. The third kappa shape index (κ3) is 7.18. The Hall–Kier alpha value is -3.14. The van der Waals surface area contributed by atoms with Crippen molar-refractivity contribution in [2.75, 3.05) is 6.54 Å². The molecule has 0 bridgehead atoms. The van der Waals surface area contributed by atoms with Crippen LogP contribution in [-0.4, -0.2) is 17.6 Å². The van der Waals surface area contributed by atoms with Crippen LogP contribution < -0.4 is 10.8 Å². The van der Waals surface area contributed by atoms with Crippen molar-refractivity contribution < 1.29 is 27.9 Å². The lowest BCUT2D eigenvalue weighted by molar-refractivity contribution is -0.138. The third-order valence-corrected chi connectivity index (χ3v) is 5.49. The van der Waals surface area contributed by atoms with Crippen molar-refractivity contribution in [1.82, 2.24) is 10.8 Å². The van der Waals surface area contributed by atoms with E-state index in [0.29, 0.717) is 29.9 Å². The molecule has 33 heavy (non-hydrogen) atoms. The van der Waals surface area contributed by atoms with E-state index in [-0.39, 0.29) is 18.6 Å². The molecule has 0 unspecified atom stereocenters. The van der Waals surface area contributed by atoms with Crippen molar-refractivity contribution in [2.45, 2.75) is 25.7 Å². The van der Waals surface area contributed by atoms with Gasteiger partial charge in [-0.05, 0) is 50.7 Å². The van der Waals surface area contributed by atoms with E-state index < -0.39 is 17.7 Å². The Kier molecular flexibility index (Phi) is 8.26. The number of hydrogen-bond donors (Lipinski definition) is 3. The zero-order valence-corrected chi connectivity index (χ0v) is 18.4. The molecule has 0 aliphatic heterocycles. The Morgan fingerprint density at radius 1 is 1.09 bits per heavy atom. The molecule has 0 aliphatic carbocycles. The third-order valence-electron chi connectivity index (χ3n) is 4.80. The van der Waals surface area contributed by atoms with Gasteiger partial charge in [0.25, 0.3) is 0 Å². The summed E-state index contributed by atoms with van der Waals surface area (Å²) in [5.41, 5.74) is 5.23. The standard InChI is InChI=1S/C24H23F3N2O3S/c1-16(19-5-2-17(3-6-19)13-28-10-8-23(30)31)29-32-14-18-4-7-21(20-9-11-33-15-20)22(12-18)24(25,26)27/h2-7,9,11-12,15,28-29H,1,8,10,13-14H2,(H,30,31). The normalized spacial score (nSPS) is 11.4. The van der Waals surface area contributed by atoms with Gasteiger partial charge in [-0.15, -0.1) is 0 Å². The number of aliphatic carboxylic acids is 1. The molecule has 0 aliphatic rings. The molecule has 1 aromatic heterocycles. The fraction of sp³-hybridized carbons (Fsp3) is 0.208. The zero-order valence-electron chi connectivity index (χ0n) is 17.6. The van der Waals surface area contributed by atoms with Crippen LogP contribution in [0.25, 0.3) is 16.8 Å². The Balaban J connectivity index is 1.54. The van der Waals surface area contributed by atoms with E-state index in [2.05, 4.69) is 17.4 Å². The largest absolute Gasteiger partial charge is 0.481 e. The number of hydrogen-bond acceptors (Lipinski definition) is 5. The van der Waals surface area contributed by atoms with Crippen molar-refractivity contribution in [3.8, 4) is 11.1 Å². The first kappa shape index (κ1) is 24.5. The number of carboxylic acid groups (broad SMARTS) is 1. The van der Waals surface area contributed by atoms with Crippen LogP contribution in [0.4, 0.5) is 13.2 Å². The summed E-state index contributed by atoms with van der Waals surface area (Å²) in [5.74, 6) is -0.853. The predicted molar refractivity (Wildman–Crippen MR) is 122 cm³/mol. The van der Waals surface area contributed by atoms with Crippen LogP contribution in [0.1, 0.15) is 28.7 Å². The highest BCUT2D eigenvalue weighted by atomic mass is 32.1. The minimum Gasteiger partial charge on any atom is -0.481 e. The molecule has 0 saturated heterocycles. The fourth-order valence-electron chi connectivity index (χ4n) is 3.10. The van der Waals surface area contributed by atoms with Gasteiger partial charge in [0.05, 0.1) is 24.3 Å². The van der Waals surface area contributed by atoms with Crippen molar-refractivity contribution in [1.29, 1.82) is 0 Å². The summed E-state index contributed by atoms with van der Waals surface area (Å²) in [6.07, 6.45) is -4.42. The van der Waals surface area contributed by atoms with E-state index in [1.165, 1.54) is 17.4 Å². The van der Waals surface area contributed by atoms with Crippen LogP contribution >= 0.6 is 11.3 Å². The molecule has 0 saturated carbocycles. The number of alkyl halides is 3. The van der Waals surface area contributed by atoms with Crippen molar-refractivity contribution in [3.05, 3.63) is 88.1 Å². The SMILES string of the molecule is C=C(NOCc1ccc(-c2ccsc2)c(C(F)(F)F)c1)c1ccc(CNCCC(=O)O)cc1. The predicted octanol–water partition coefficient (Wildman–Crippen LogP) is 5.69. The molecule has 0 radical (unpaired) electrons. The van der Waals surface area contributed by atoms with Gasteiger partial charge in [0.2, 0.25) is 0 Å². The maximum atomic E-state index is 13.6. The van der Waals surface area contributed by atoms with Crippen LogP contribution in [0.2, 0.25) is 0 Å². The molecule has 3 rings (SSSR count). The lowest BCUT2D eigenvalue weighted by Crippen LogP contribution is -2.17. The monoisotopic (exact) mass is 476 g/mol. The Bertz CT molecular complexity index is 1080. The molecule has 174 valence electrons. The first-order valence-corrected chi connectivity index (χ1v) is 11.0. The topological polar surface area (TPSA) is 70.6 Å². The highest BCUT2D eigenvalue weighted by Gasteiger charge is 2.34. The highest BCUT2D eigenvalue weighted by molar-refractivity contribution is 7.08. The number of carbonyl (C=O) groups is 1. The lowest BCUT2D eigenvalue weighted by Gasteiger charge is -2.15. The van der Waals surface area contributed by atoms with Gasteiger partial charge in [0.15, 0.2) is 0 Å². The molecule has 2 aromatic carbocycles. The van der Waals surface area contributed by atoms with E-state index >= 15 is 0 Å². The fourth-order valence-corrected chi connectivity index (χ4v) is 3.76. The van der Waals surface area contributed by atoms with E-state index in [4.69, 9.17) is 9.94 Å². The van der Waals surface area contributed by atoms with Crippen molar-refractivity contribution >= 4 is 23.0 Å². The molecule has 0 spiro atoms. The molecular weight excluding hydrogens is 453 g/mol. The van der Waals surface area contributed by atoms with Gasteiger partial charge in [-0.25, -0.2) is 0 Å². The molecule has 0 atom stereocenters. The Morgan fingerprint density at radius 3 is 2.45 bits per heavy atom. The number of carboxylic acids is 1. The quantitative estimate of drug-likeness (QED) is 0.245. The maximum absolute atomic E-state index is 13.6. The molecule has 0 amide bonds. The van der Waals surface area contributed by atoms with Crippen LogP contribution in [0, 0.1) is 0 Å². The molecule has 0 fully saturated rings. The van der Waals surface area contributed by atoms with Crippen LogP contribution in [0.15, 0.2) is 65.9 Å². The van der Waals surface area contributed by atoms with Gasteiger partial charge in [-0.1, -0.05) is 43.0 Å². The smallest absolute Gasteiger partial charge is 0.417 e. The van der Waals surface area contributed by atoms with Gasteiger partial charge < -0.3 is 10.4 Å². The van der Waals surface area contributed by atoms with Gasteiger partial charge in [-0.3, -0.25) is 15.1 Å². The number of benzene rings is 2. The van der Waals surface area contributed by atoms with Crippen molar-refractivity contribution in [3.63, 3.8) is 0 Å². The van der Waals surface area contributed by atoms with Gasteiger partial charge in [-0.2, -0.15) is 24.5 Å². The van der Waals surface area contributed by atoms with E-state index in [9.17, 15) is 18.0 Å². The zero-order chi connectivity index (χ0) is 23.8. The van der Waals surface area contributed by atoms with E-state index in [1.54, 1.807) is 22.9 Å². The second kappa shape index (κ2) is 11.1. The summed E-state index contributed by atoms with van der Waals surface area (Å²) in [6, 6.07) is 13.2. The number of hydroxylamine groups is 1. The second-order valence-corrected chi connectivity index (χ2v) is 8.06. The molecule has 3 aromatic rings. The highest BCUT2D eigenvalue weighted by Crippen LogP contribution is 2.38. The summed E-state index contributed by atoms with van der Waals surface area (Å²) >= 11 is 1.34. The molecule has 5 nitrogen and oxygen atoms in total.